The standard InChI is InChI=1S/C18H18N2O3/c1-3-22-18(21)20-17-13(2)16(10-9-15(17)11-19-20)23-12-14-7-5-4-6-8-14/h4-11H,3,12H2,1-2H3. The Morgan fingerprint density at radius 1 is 1.17 bits per heavy atom. The van der Waals surface area contributed by atoms with Gasteiger partial charge in [0.25, 0.3) is 0 Å². The highest BCUT2D eigenvalue weighted by molar-refractivity contribution is 5.91. The molecular weight excluding hydrogens is 292 g/mol. The Morgan fingerprint density at radius 2 is 1.96 bits per heavy atom. The maximum Gasteiger partial charge on any atom is 0.435 e. The van der Waals surface area contributed by atoms with Crippen molar-refractivity contribution >= 4 is 17.0 Å². The maximum atomic E-state index is 12.0. The molecule has 0 aliphatic heterocycles. The summed E-state index contributed by atoms with van der Waals surface area (Å²) in [7, 11) is 0. The van der Waals surface area contributed by atoms with E-state index in [0.29, 0.717) is 18.7 Å². The minimum absolute atomic E-state index is 0.309. The number of carbonyl (C=O) groups is 1. The Kier molecular flexibility index (Phi) is 4.28. The lowest BCUT2D eigenvalue weighted by molar-refractivity contribution is 0.151. The van der Waals surface area contributed by atoms with E-state index in [1.807, 2.05) is 49.4 Å². The third-order valence-corrected chi connectivity index (χ3v) is 3.61. The van der Waals surface area contributed by atoms with Gasteiger partial charge in [-0.1, -0.05) is 30.3 Å². The summed E-state index contributed by atoms with van der Waals surface area (Å²) < 4.78 is 12.2. The summed E-state index contributed by atoms with van der Waals surface area (Å²) in [6, 6.07) is 13.7. The molecular formula is C18H18N2O3. The number of hydrogen-bond donors (Lipinski definition) is 0. The Balaban J connectivity index is 1.91. The molecule has 2 aromatic carbocycles. The molecule has 0 radical (unpaired) electrons. The van der Waals surface area contributed by atoms with Gasteiger partial charge in [-0.3, -0.25) is 0 Å². The predicted molar refractivity (Wildman–Crippen MR) is 87.7 cm³/mol. The Hall–Kier alpha value is -2.82. The molecule has 1 heterocycles. The van der Waals surface area contributed by atoms with Crippen molar-refractivity contribution in [3.05, 3.63) is 59.8 Å². The Labute approximate surface area is 134 Å². The highest BCUT2D eigenvalue weighted by Gasteiger charge is 2.16. The molecule has 0 bridgehead atoms. The summed E-state index contributed by atoms with van der Waals surface area (Å²) in [6.07, 6.45) is 1.17. The largest absolute Gasteiger partial charge is 0.489 e. The molecule has 0 unspecified atom stereocenters. The molecule has 0 N–H and O–H groups in total. The van der Waals surface area contributed by atoms with E-state index in [-0.39, 0.29) is 0 Å². The van der Waals surface area contributed by atoms with Gasteiger partial charge in [0.1, 0.15) is 12.4 Å². The lowest BCUT2D eigenvalue weighted by Crippen LogP contribution is -2.15. The fourth-order valence-corrected chi connectivity index (χ4v) is 2.48. The molecule has 0 aliphatic carbocycles. The van der Waals surface area contributed by atoms with Gasteiger partial charge >= 0.3 is 6.09 Å². The van der Waals surface area contributed by atoms with Crippen LogP contribution in [0.2, 0.25) is 0 Å². The normalized spacial score (nSPS) is 10.7. The van der Waals surface area contributed by atoms with Crippen LogP contribution in [0.15, 0.2) is 48.7 Å². The lowest BCUT2D eigenvalue weighted by atomic mass is 10.1. The highest BCUT2D eigenvalue weighted by Crippen LogP contribution is 2.28. The average Bonchev–Trinajstić information content (AvgIpc) is 3.00. The Bertz CT molecular complexity index is 825. The highest BCUT2D eigenvalue weighted by atomic mass is 16.6. The summed E-state index contributed by atoms with van der Waals surface area (Å²) in [5.41, 5.74) is 2.67. The third kappa shape index (κ3) is 3.04. The molecule has 0 atom stereocenters. The van der Waals surface area contributed by atoms with Gasteiger partial charge in [-0.25, -0.2) is 4.79 Å². The molecule has 1 aromatic heterocycles. The zero-order valence-corrected chi connectivity index (χ0v) is 13.2. The van der Waals surface area contributed by atoms with Gasteiger partial charge in [-0.05, 0) is 31.5 Å². The van der Waals surface area contributed by atoms with Crippen molar-refractivity contribution in [1.82, 2.24) is 9.78 Å². The van der Waals surface area contributed by atoms with Gasteiger partial charge in [0.05, 0.1) is 18.3 Å². The van der Waals surface area contributed by atoms with Crippen LogP contribution in [-0.4, -0.2) is 22.5 Å². The molecule has 5 heteroatoms. The smallest absolute Gasteiger partial charge is 0.435 e. The van der Waals surface area contributed by atoms with Crippen LogP contribution < -0.4 is 4.74 Å². The predicted octanol–water partition coefficient (Wildman–Crippen LogP) is 3.93. The van der Waals surface area contributed by atoms with E-state index in [4.69, 9.17) is 9.47 Å². The molecule has 0 fully saturated rings. The van der Waals surface area contributed by atoms with Crippen molar-refractivity contribution in [2.45, 2.75) is 20.5 Å². The van der Waals surface area contributed by atoms with Crippen LogP contribution >= 0.6 is 0 Å². The van der Waals surface area contributed by atoms with Gasteiger partial charge < -0.3 is 9.47 Å². The van der Waals surface area contributed by atoms with Gasteiger partial charge in [0, 0.05) is 10.9 Å². The van der Waals surface area contributed by atoms with Gasteiger partial charge in [0.2, 0.25) is 0 Å². The zero-order chi connectivity index (χ0) is 16.2. The van der Waals surface area contributed by atoms with Crippen molar-refractivity contribution in [2.24, 2.45) is 0 Å². The summed E-state index contributed by atoms with van der Waals surface area (Å²) in [5, 5.41) is 5.00. The molecule has 3 rings (SSSR count). The zero-order valence-electron chi connectivity index (χ0n) is 13.2. The van der Waals surface area contributed by atoms with E-state index >= 15 is 0 Å². The first-order valence-corrected chi connectivity index (χ1v) is 7.52. The SMILES string of the molecule is CCOC(=O)n1ncc2ccc(OCc3ccccc3)c(C)c21. The number of rotatable bonds is 4. The number of aromatic nitrogens is 2. The molecule has 5 nitrogen and oxygen atoms in total. The van der Waals surface area contributed by atoms with Crippen molar-refractivity contribution in [3.8, 4) is 5.75 Å². The quantitative estimate of drug-likeness (QED) is 0.732. The molecule has 3 aromatic rings. The van der Waals surface area contributed by atoms with E-state index in [2.05, 4.69) is 5.10 Å². The average molecular weight is 310 g/mol. The molecule has 118 valence electrons. The van der Waals surface area contributed by atoms with Crippen LogP contribution in [0.1, 0.15) is 18.1 Å². The molecule has 0 saturated heterocycles. The number of aryl methyl sites for hydroxylation is 1. The maximum absolute atomic E-state index is 12.0. The minimum atomic E-state index is -0.481. The van der Waals surface area contributed by atoms with Crippen LogP contribution in [0.5, 0.6) is 5.75 Å². The lowest BCUT2D eigenvalue weighted by Gasteiger charge is -2.11. The number of benzene rings is 2. The van der Waals surface area contributed by atoms with Gasteiger partial charge in [0.15, 0.2) is 0 Å². The number of ether oxygens (including phenoxy) is 2. The fourth-order valence-electron chi connectivity index (χ4n) is 2.48. The van der Waals surface area contributed by atoms with Crippen molar-refractivity contribution in [1.29, 1.82) is 0 Å². The van der Waals surface area contributed by atoms with E-state index in [1.54, 1.807) is 13.1 Å². The first-order chi connectivity index (χ1) is 11.2. The van der Waals surface area contributed by atoms with E-state index in [9.17, 15) is 4.79 Å². The van der Waals surface area contributed by atoms with Crippen LogP contribution in [0.4, 0.5) is 4.79 Å². The van der Waals surface area contributed by atoms with E-state index < -0.39 is 6.09 Å². The first-order valence-electron chi connectivity index (χ1n) is 7.52. The summed E-state index contributed by atoms with van der Waals surface area (Å²) in [4.78, 5) is 12.0. The second-order valence-electron chi connectivity index (χ2n) is 5.16. The van der Waals surface area contributed by atoms with Crippen LogP contribution in [-0.2, 0) is 11.3 Å². The molecule has 0 saturated carbocycles. The Morgan fingerprint density at radius 3 is 2.70 bits per heavy atom. The van der Waals surface area contributed by atoms with E-state index in [1.165, 1.54) is 4.68 Å². The summed E-state index contributed by atoms with van der Waals surface area (Å²) in [6.45, 7) is 4.47. The first kappa shape index (κ1) is 15.1. The minimum Gasteiger partial charge on any atom is -0.489 e. The number of hydrogen-bond acceptors (Lipinski definition) is 4. The number of fused-ring (bicyclic) bond motifs is 1. The molecule has 0 spiro atoms. The van der Waals surface area contributed by atoms with Gasteiger partial charge in [-0.15, -0.1) is 0 Å². The van der Waals surface area contributed by atoms with Crippen LogP contribution in [0.25, 0.3) is 10.9 Å². The van der Waals surface area contributed by atoms with Gasteiger partial charge in [-0.2, -0.15) is 9.78 Å². The van der Waals surface area contributed by atoms with E-state index in [0.717, 1.165) is 22.3 Å². The molecule has 0 amide bonds. The second-order valence-corrected chi connectivity index (χ2v) is 5.16. The molecule has 23 heavy (non-hydrogen) atoms. The monoisotopic (exact) mass is 310 g/mol. The number of carbonyl (C=O) groups excluding carboxylic acids is 1. The third-order valence-electron chi connectivity index (χ3n) is 3.61. The second kappa shape index (κ2) is 6.52. The van der Waals surface area contributed by atoms with Crippen molar-refractivity contribution in [2.75, 3.05) is 6.61 Å². The molecule has 0 aliphatic rings. The van der Waals surface area contributed by atoms with Crippen molar-refractivity contribution < 1.29 is 14.3 Å². The topological polar surface area (TPSA) is 53.4 Å². The van der Waals surface area contributed by atoms with Crippen LogP contribution in [0, 0.1) is 6.92 Å². The fraction of sp³-hybridized carbons (Fsp3) is 0.222. The summed E-state index contributed by atoms with van der Waals surface area (Å²) in [5.74, 6) is 0.729. The summed E-state index contributed by atoms with van der Waals surface area (Å²) >= 11 is 0. The van der Waals surface area contributed by atoms with Crippen molar-refractivity contribution in [3.63, 3.8) is 0 Å². The number of nitrogens with zero attached hydrogens (tertiary/aromatic N) is 2. The van der Waals surface area contributed by atoms with Crippen LogP contribution in [0.3, 0.4) is 0 Å².